The van der Waals surface area contributed by atoms with Crippen LogP contribution in [-0.2, 0) is 4.79 Å². The third-order valence-electron chi connectivity index (χ3n) is 2.94. The van der Waals surface area contributed by atoms with Gasteiger partial charge in [-0.15, -0.1) is 0 Å². The summed E-state index contributed by atoms with van der Waals surface area (Å²) in [6.07, 6.45) is 4.76. The minimum absolute atomic E-state index is 0.343. The van der Waals surface area contributed by atoms with Crippen molar-refractivity contribution in [1.29, 1.82) is 0 Å². The number of carbonyl (C=O) groups excluding carboxylic acids is 1. The van der Waals surface area contributed by atoms with E-state index in [4.69, 9.17) is 0 Å². The molecule has 1 rings (SSSR count). The first kappa shape index (κ1) is 11.3. The third-order valence-corrected chi connectivity index (χ3v) is 2.94. The second-order valence-electron chi connectivity index (χ2n) is 4.79. The van der Waals surface area contributed by atoms with Crippen molar-refractivity contribution in [2.24, 2.45) is 11.8 Å². The standard InChI is InChI=1S/C12H21NO/c1-9(2)10-5-6-12(14)11(7-10)8-13(3)4/h8-10H,5-7H2,1-4H3/b11-8+. The Morgan fingerprint density at radius 2 is 2.07 bits per heavy atom. The Hall–Kier alpha value is -0.790. The fourth-order valence-electron chi connectivity index (χ4n) is 1.98. The Labute approximate surface area is 87.0 Å². The largest absolute Gasteiger partial charge is 0.383 e. The Morgan fingerprint density at radius 1 is 1.43 bits per heavy atom. The average molecular weight is 195 g/mol. The van der Waals surface area contributed by atoms with Crippen molar-refractivity contribution in [2.45, 2.75) is 33.1 Å². The highest BCUT2D eigenvalue weighted by molar-refractivity contribution is 5.95. The Balaban J connectivity index is 2.69. The van der Waals surface area contributed by atoms with Gasteiger partial charge >= 0.3 is 0 Å². The molecular weight excluding hydrogens is 174 g/mol. The molecule has 1 fully saturated rings. The molecule has 0 radical (unpaired) electrons. The highest BCUT2D eigenvalue weighted by atomic mass is 16.1. The molecule has 0 aliphatic heterocycles. The van der Waals surface area contributed by atoms with Crippen molar-refractivity contribution < 1.29 is 4.79 Å². The Bertz CT molecular complexity index is 241. The van der Waals surface area contributed by atoms with Gasteiger partial charge in [0.25, 0.3) is 0 Å². The van der Waals surface area contributed by atoms with E-state index in [0.717, 1.165) is 24.8 Å². The van der Waals surface area contributed by atoms with Gasteiger partial charge in [0, 0.05) is 32.3 Å². The molecule has 2 nitrogen and oxygen atoms in total. The molecule has 1 atom stereocenters. The van der Waals surface area contributed by atoms with E-state index in [1.807, 2.05) is 25.2 Å². The molecule has 0 aromatic carbocycles. The molecule has 14 heavy (non-hydrogen) atoms. The number of hydrogen-bond donors (Lipinski definition) is 0. The summed E-state index contributed by atoms with van der Waals surface area (Å²) in [7, 11) is 3.94. The van der Waals surface area contributed by atoms with Crippen LogP contribution >= 0.6 is 0 Å². The molecule has 1 unspecified atom stereocenters. The molecule has 1 saturated carbocycles. The number of allylic oxidation sites excluding steroid dienone is 1. The topological polar surface area (TPSA) is 20.3 Å². The number of carbonyl (C=O) groups is 1. The van der Waals surface area contributed by atoms with Gasteiger partial charge in [0.05, 0.1) is 0 Å². The van der Waals surface area contributed by atoms with E-state index in [-0.39, 0.29) is 0 Å². The van der Waals surface area contributed by atoms with Gasteiger partial charge in [0.2, 0.25) is 0 Å². The molecule has 1 aliphatic rings. The number of nitrogens with zero attached hydrogens (tertiary/aromatic N) is 1. The zero-order valence-electron chi connectivity index (χ0n) is 9.71. The van der Waals surface area contributed by atoms with Crippen molar-refractivity contribution >= 4 is 5.78 Å². The quantitative estimate of drug-likeness (QED) is 0.631. The van der Waals surface area contributed by atoms with Crippen LogP contribution in [0.2, 0.25) is 0 Å². The fraction of sp³-hybridized carbons (Fsp3) is 0.750. The summed E-state index contributed by atoms with van der Waals surface area (Å²) in [5, 5.41) is 0. The van der Waals surface area contributed by atoms with Crippen molar-refractivity contribution in [3.8, 4) is 0 Å². The maximum Gasteiger partial charge on any atom is 0.160 e. The molecule has 0 saturated heterocycles. The summed E-state index contributed by atoms with van der Waals surface area (Å²) in [5.74, 6) is 1.73. The van der Waals surface area contributed by atoms with Gasteiger partial charge < -0.3 is 4.90 Å². The minimum Gasteiger partial charge on any atom is -0.383 e. The lowest BCUT2D eigenvalue weighted by Crippen LogP contribution is -2.22. The van der Waals surface area contributed by atoms with Crippen molar-refractivity contribution in [3.05, 3.63) is 11.8 Å². The van der Waals surface area contributed by atoms with Crippen LogP contribution in [0, 0.1) is 11.8 Å². The number of hydrogen-bond acceptors (Lipinski definition) is 2. The SMILES string of the molecule is CC(C)C1CCC(=O)/C(=C/N(C)C)C1. The molecular formula is C12H21NO. The summed E-state index contributed by atoms with van der Waals surface area (Å²) in [5.41, 5.74) is 1.01. The third kappa shape index (κ3) is 2.86. The van der Waals surface area contributed by atoms with E-state index < -0.39 is 0 Å². The van der Waals surface area contributed by atoms with E-state index in [1.54, 1.807) is 0 Å². The molecule has 0 spiro atoms. The minimum atomic E-state index is 0.343. The molecule has 0 heterocycles. The van der Waals surface area contributed by atoms with Gasteiger partial charge in [-0.25, -0.2) is 0 Å². The van der Waals surface area contributed by atoms with Gasteiger partial charge in [0.1, 0.15) is 0 Å². The second-order valence-corrected chi connectivity index (χ2v) is 4.79. The first-order chi connectivity index (χ1) is 6.50. The van der Waals surface area contributed by atoms with E-state index in [1.165, 1.54) is 0 Å². The molecule has 0 bridgehead atoms. The number of Topliss-reactive ketones (excluding diaryl/α,β-unsaturated/α-hetero) is 1. The lowest BCUT2D eigenvalue weighted by molar-refractivity contribution is -0.117. The maximum atomic E-state index is 11.6. The lowest BCUT2D eigenvalue weighted by atomic mass is 9.79. The normalized spacial score (nSPS) is 25.9. The zero-order valence-corrected chi connectivity index (χ0v) is 9.71. The second kappa shape index (κ2) is 4.63. The average Bonchev–Trinajstić information content (AvgIpc) is 2.07. The van der Waals surface area contributed by atoms with Crippen molar-refractivity contribution in [2.75, 3.05) is 14.1 Å². The maximum absolute atomic E-state index is 11.6. The Kier molecular flexibility index (Phi) is 3.73. The first-order valence-electron chi connectivity index (χ1n) is 5.41. The highest BCUT2D eigenvalue weighted by Crippen LogP contribution is 2.31. The summed E-state index contributed by atoms with van der Waals surface area (Å²) in [6, 6.07) is 0. The van der Waals surface area contributed by atoms with Gasteiger partial charge in [0.15, 0.2) is 5.78 Å². The van der Waals surface area contributed by atoms with Crippen LogP contribution in [0.4, 0.5) is 0 Å². The van der Waals surface area contributed by atoms with Gasteiger partial charge in [-0.05, 0) is 24.7 Å². The van der Waals surface area contributed by atoms with Crippen molar-refractivity contribution in [3.63, 3.8) is 0 Å². The number of rotatable bonds is 2. The monoisotopic (exact) mass is 195 g/mol. The van der Waals surface area contributed by atoms with Crippen LogP contribution in [-0.4, -0.2) is 24.8 Å². The molecule has 1 aliphatic carbocycles. The molecule has 0 aromatic heterocycles. The zero-order chi connectivity index (χ0) is 10.7. The summed E-state index contributed by atoms with van der Waals surface area (Å²) in [4.78, 5) is 13.6. The smallest absolute Gasteiger partial charge is 0.160 e. The fourth-order valence-corrected chi connectivity index (χ4v) is 1.98. The van der Waals surface area contributed by atoms with Gasteiger partial charge in [-0.3, -0.25) is 4.79 Å². The van der Waals surface area contributed by atoms with E-state index in [2.05, 4.69) is 13.8 Å². The summed E-state index contributed by atoms with van der Waals surface area (Å²) in [6.45, 7) is 4.49. The van der Waals surface area contributed by atoms with Crippen LogP contribution in [0.3, 0.4) is 0 Å². The predicted molar refractivity (Wildman–Crippen MR) is 59.0 cm³/mol. The molecule has 0 N–H and O–H groups in total. The van der Waals surface area contributed by atoms with E-state index in [0.29, 0.717) is 17.6 Å². The number of ketones is 1. The van der Waals surface area contributed by atoms with Gasteiger partial charge in [-0.2, -0.15) is 0 Å². The molecule has 0 amide bonds. The molecule has 80 valence electrons. The molecule has 2 heteroatoms. The van der Waals surface area contributed by atoms with Crippen molar-refractivity contribution in [1.82, 2.24) is 4.90 Å². The van der Waals surface area contributed by atoms with Gasteiger partial charge in [-0.1, -0.05) is 13.8 Å². The van der Waals surface area contributed by atoms with Crippen LogP contribution in [0.1, 0.15) is 33.1 Å². The lowest BCUT2D eigenvalue weighted by Gasteiger charge is -2.27. The predicted octanol–water partition coefficient (Wildman–Crippen LogP) is 2.46. The van der Waals surface area contributed by atoms with E-state index >= 15 is 0 Å². The van der Waals surface area contributed by atoms with Crippen LogP contribution in [0.5, 0.6) is 0 Å². The van der Waals surface area contributed by atoms with Crippen LogP contribution < -0.4 is 0 Å². The Morgan fingerprint density at radius 3 is 2.57 bits per heavy atom. The van der Waals surface area contributed by atoms with Crippen LogP contribution in [0.25, 0.3) is 0 Å². The van der Waals surface area contributed by atoms with E-state index in [9.17, 15) is 4.79 Å². The first-order valence-corrected chi connectivity index (χ1v) is 5.41. The summed E-state index contributed by atoms with van der Waals surface area (Å²) >= 11 is 0. The summed E-state index contributed by atoms with van der Waals surface area (Å²) < 4.78 is 0. The van der Waals surface area contributed by atoms with Crippen LogP contribution in [0.15, 0.2) is 11.8 Å². The highest BCUT2D eigenvalue weighted by Gasteiger charge is 2.25. The molecule has 0 aromatic rings.